The highest BCUT2D eigenvalue weighted by atomic mass is 32.2. The number of nitrogens with zero attached hydrogens (tertiary/aromatic N) is 2. The lowest BCUT2D eigenvalue weighted by Gasteiger charge is -2.25. The average molecular weight is 311 g/mol. The number of rotatable bonds is 5. The largest absolute Gasteiger partial charge is 0.369 e. The van der Waals surface area contributed by atoms with Gasteiger partial charge in [-0.2, -0.15) is 0 Å². The second-order valence-corrected chi connectivity index (χ2v) is 7.55. The minimum Gasteiger partial charge on any atom is -0.369 e. The summed E-state index contributed by atoms with van der Waals surface area (Å²) in [5.41, 5.74) is 6.40. The summed E-state index contributed by atoms with van der Waals surface area (Å²) in [4.78, 5) is 5.04. The normalized spacial score (nSPS) is 17.7. The first kappa shape index (κ1) is 16.3. The van der Waals surface area contributed by atoms with E-state index in [0.29, 0.717) is 4.90 Å². The number of benzene rings is 1. The van der Waals surface area contributed by atoms with Crippen LogP contribution in [0.3, 0.4) is 0 Å². The molecule has 2 rings (SSSR count). The van der Waals surface area contributed by atoms with Crippen molar-refractivity contribution in [2.45, 2.75) is 17.7 Å². The molecule has 0 bridgehead atoms. The molecule has 118 valence electrons. The molecule has 6 heteroatoms. The Kier molecular flexibility index (Phi) is 5.61. The molecule has 21 heavy (non-hydrogen) atoms. The third-order valence-electron chi connectivity index (χ3n) is 3.87. The minimum absolute atomic E-state index is 0.431. The summed E-state index contributed by atoms with van der Waals surface area (Å²) in [6.07, 6.45) is 3.33. The summed E-state index contributed by atoms with van der Waals surface area (Å²) in [7, 11) is -3.19. The van der Waals surface area contributed by atoms with Crippen molar-refractivity contribution in [1.29, 1.82) is 0 Å². The van der Waals surface area contributed by atoms with Gasteiger partial charge in [0.15, 0.2) is 9.84 Å². The average Bonchev–Trinajstić information content (AvgIpc) is 2.69. The fraction of sp³-hybridized carbons (Fsp3) is 0.600. The quantitative estimate of drug-likeness (QED) is 0.877. The predicted molar refractivity (Wildman–Crippen MR) is 86.5 cm³/mol. The van der Waals surface area contributed by atoms with Crippen molar-refractivity contribution in [3.05, 3.63) is 24.3 Å². The van der Waals surface area contributed by atoms with Crippen LogP contribution in [-0.4, -0.2) is 58.8 Å². The Bertz CT molecular complexity index is 560. The van der Waals surface area contributed by atoms with E-state index < -0.39 is 9.84 Å². The van der Waals surface area contributed by atoms with Crippen LogP contribution < -0.4 is 10.6 Å². The third-order valence-corrected chi connectivity index (χ3v) is 5.02. The summed E-state index contributed by atoms with van der Waals surface area (Å²) < 4.78 is 23.9. The summed E-state index contributed by atoms with van der Waals surface area (Å²) in [5.74, 6) is 0. The summed E-state index contributed by atoms with van der Waals surface area (Å²) in [6, 6.07) is 7.29. The summed E-state index contributed by atoms with van der Waals surface area (Å²) in [6.45, 7) is 5.51. The highest BCUT2D eigenvalue weighted by molar-refractivity contribution is 7.90. The number of nitrogens with two attached hydrogens (primary N) is 1. The first-order chi connectivity index (χ1) is 10.0. The van der Waals surface area contributed by atoms with Crippen molar-refractivity contribution in [3.8, 4) is 0 Å². The number of anilines is 1. The minimum atomic E-state index is -3.19. The van der Waals surface area contributed by atoms with Crippen LogP contribution in [0.2, 0.25) is 0 Å². The van der Waals surface area contributed by atoms with E-state index in [-0.39, 0.29) is 0 Å². The van der Waals surface area contributed by atoms with E-state index in [0.717, 1.165) is 57.8 Å². The molecule has 0 aromatic heterocycles. The van der Waals surface area contributed by atoms with Crippen molar-refractivity contribution < 1.29 is 8.42 Å². The summed E-state index contributed by atoms with van der Waals surface area (Å²) in [5, 5.41) is 0. The van der Waals surface area contributed by atoms with Crippen LogP contribution in [0.25, 0.3) is 0 Å². The fourth-order valence-electron chi connectivity index (χ4n) is 2.78. The molecular formula is C15H25N3O2S. The van der Waals surface area contributed by atoms with E-state index in [1.807, 2.05) is 12.1 Å². The maximum absolute atomic E-state index is 11.9. The van der Waals surface area contributed by atoms with Gasteiger partial charge < -0.3 is 15.5 Å². The van der Waals surface area contributed by atoms with Crippen molar-refractivity contribution in [3.63, 3.8) is 0 Å². The molecule has 2 N–H and O–H groups in total. The second kappa shape index (κ2) is 7.24. The van der Waals surface area contributed by atoms with Crippen molar-refractivity contribution in [2.75, 3.05) is 50.4 Å². The first-order valence-electron chi connectivity index (χ1n) is 7.49. The van der Waals surface area contributed by atoms with Gasteiger partial charge in [-0.05, 0) is 44.6 Å². The van der Waals surface area contributed by atoms with Gasteiger partial charge >= 0.3 is 0 Å². The van der Waals surface area contributed by atoms with E-state index in [9.17, 15) is 8.42 Å². The molecule has 1 aromatic rings. The standard InChI is InChI=1S/C15H25N3O2S/c1-21(19,20)15-7-3-2-6-14(15)18-11-5-10-17(12-13-18)9-4-8-16/h2-3,6-7H,4-5,8-13,16H2,1H3. The zero-order valence-electron chi connectivity index (χ0n) is 12.7. The Labute approximate surface area is 127 Å². The SMILES string of the molecule is CS(=O)(=O)c1ccccc1N1CCCN(CCCN)CC1. The number of hydrogen-bond donors (Lipinski definition) is 1. The second-order valence-electron chi connectivity index (χ2n) is 5.56. The number of para-hydroxylation sites is 1. The van der Waals surface area contributed by atoms with Crippen molar-refractivity contribution >= 4 is 15.5 Å². The predicted octanol–water partition coefficient (Wildman–Crippen LogP) is 0.951. The van der Waals surface area contributed by atoms with Crippen molar-refractivity contribution in [1.82, 2.24) is 4.90 Å². The molecule has 1 aromatic carbocycles. The van der Waals surface area contributed by atoms with Crippen LogP contribution in [0.4, 0.5) is 5.69 Å². The van der Waals surface area contributed by atoms with Gasteiger partial charge in [0.2, 0.25) is 0 Å². The molecule has 1 saturated heterocycles. The van der Waals surface area contributed by atoms with E-state index >= 15 is 0 Å². The van der Waals surface area contributed by atoms with Gasteiger partial charge in [0.05, 0.1) is 10.6 Å². The van der Waals surface area contributed by atoms with Gasteiger partial charge in [-0.1, -0.05) is 12.1 Å². The zero-order valence-corrected chi connectivity index (χ0v) is 13.5. The zero-order chi connectivity index (χ0) is 15.3. The summed E-state index contributed by atoms with van der Waals surface area (Å²) >= 11 is 0. The number of sulfone groups is 1. The smallest absolute Gasteiger partial charge is 0.177 e. The lowest BCUT2D eigenvalue weighted by Crippen LogP contribution is -2.32. The highest BCUT2D eigenvalue weighted by Gasteiger charge is 2.20. The van der Waals surface area contributed by atoms with Gasteiger partial charge in [-0.25, -0.2) is 8.42 Å². The van der Waals surface area contributed by atoms with Crippen molar-refractivity contribution in [2.24, 2.45) is 5.73 Å². The highest BCUT2D eigenvalue weighted by Crippen LogP contribution is 2.25. The molecule has 1 heterocycles. The van der Waals surface area contributed by atoms with Crippen LogP contribution in [0.1, 0.15) is 12.8 Å². The molecule has 0 atom stereocenters. The Morgan fingerprint density at radius 2 is 1.90 bits per heavy atom. The molecule has 0 amide bonds. The topological polar surface area (TPSA) is 66.6 Å². The maximum Gasteiger partial charge on any atom is 0.177 e. The van der Waals surface area contributed by atoms with Gasteiger partial charge in [0.1, 0.15) is 0 Å². The Balaban J connectivity index is 2.13. The molecule has 5 nitrogen and oxygen atoms in total. The molecule has 1 fully saturated rings. The van der Waals surface area contributed by atoms with Gasteiger partial charge in [0.25, 0.3) is 0 Å². The molecule has 0 saturated carbocycles. The van der Waals surface area contributed by atoms with Gasteiger partial charge in [-0.3, -0.25) is 0 Å². The van der Waals surface area contributed by atoms with Crippen LogP contribution in [0.5, 0.6) is 0 Å². The number of hydrogen-bond acceptors (Lipinski definition) is 5. The monoisotopic (exact) mass is 311 g/mol. The lowest BCUT2D eigenvalue weighted by molar-refractivity contribution is 0.291. The molecule has 0 radical (unpaired) electrons. The molecule has 0 spiro atoms. The van der Waals surface area contributed by atoms with E-state index in [2.05, 4.69) is 9.80 Å². The molecular weight excluding hydrogens is 286 g/mol. The van der Waals surface area contributed by atoms with Crippen LogP contribution in [-0.2, 0) is 9.84 Å². The van der Waals surface area contributed by atoms with Crippen LogP contribution in [0.15, 0.2) is 29.2 Å². The van der Waals surface area contributed by atoms with Crippen LogP contribution >= 0.6 is 0 Å². The lowest BCUT2D eigenvalue weighted by atomic mass is 10.2. The molecule has 0 aliphatic carbocycles. The van der Waals surface area contributed by atoms with Gasteiger partial charge in [-0.15, -0.1) is 0 Å². The Morgan fingerprint density at radius 3 is 2.62 bits per heavy atom. The Hall–Kier alpha value is -1.11. The fourth-order valence-corrected chi connectivity index (χ4v) is 3.69. The Morgan fingerprint density at radius 1 is 1.14 bits per heavy atom. The van der Waals surface area contributed by atoms with E-state index in [1.165, 1.54) is 6.26 Å². The van der Waals surface area contributed by atoms with Crippen LogP contribution in [0, 0.1) is 0 Å². The third kappa shape index (κ3) is 4.43. The molecule has 0 unspecified atom stereocenters. The van der Waals surface area contributed by atoms with Gasteiger partial charge in [0, 0.05) is 25.9 Å². The van der Waals surface area contributed by atoms with E-state index in [1.54, 1.807) is 12.1 Å². The molecule has 1 aliphatic heterocycles. The maximum atomic E-state index is 11.9. The molecule has 1 aliphatic rings. The van der Waals surface area contributed by atoms with E-state index in [4.69, 9.17) is 5.73 Å². The first-order valence-corrected chi connectivity index (χ1v) is 9.38.